The van der Waals surface area contributed by atoms with Crippen molar-refractivity contribution in [2.45, 2.75) is 70.2 Å². The molecule has 3 heterocycles. The molecule has 3 nitrogen and oxygen atoms in total. The number of thioether (sulfide) groups is 1. The molecular weight excluding hydrogens is 266 g/mol. The molecule has 3 atom stereocenters. The minimum Gasteiger partial charge on any atom is -0.362 e. The molecule has 0 amide bonds. The average Bonchev–Trinajstić information content (AvgIpc) is 2.96. The summed E-state index contributed by atoms with van der Waals surface area (Å²) in [7, 11) is 0. The molecule has 114 valence electrons. The molecule has 3 aliphatic rings. The van der Waals surface area contributed by atoms with Gasteiger partial charge in [0, 0.05) is 23.9 Å². The van der Waals surface area contributed by atoms with Gasteiger partial charge in [0.1, 0.15) is 0 Å². The van der Waals surface area contributed by atoms with E-state index in [0.29, 0.717) is 16.7 Å². The van der Waals surface area contributed by atoms with Crippen molar-refractivity contribution in [3.05, 3.63) is 0 Å². The van der Waals surface area contributed by atoms with E-state index in [1.54, 1.807) is 0 Å². The van der Waals surface area contributed by atoms with Crippen molar-refractivity contribution in [3.8, 4) is 0 Å². The lowest BCUT2D eigenvalue weighted by molar-refractivity contribution is 0.175. The lowest BCUT2D eigenvalue weighted by Crippen LogP contribution is -2.46. The number of nitrogens with zero attached hydrogens (tertiary/aromatic N) is 2. The maximum Gasteiger partial charge on any atom is 0.157 e. The molecule has 0 bridgehead atoms. The first-order valence-electron chi connectivity index (χ1n) is 8.21. The summed E-state index contributed by atoms with van der Waals surface area (Å²) in [5, 5.41) is 5.64. The van der Waals surface area contributed by atoms with E-state index >= 15 is 0 Å². The number of piperidine rings is 1. The molecule has 3 rings (SSSR count). The van der Waals surface area contributed by atoms with Crippen LogP contribution in [0.5, 0.6) is 0 Å². The van der Waals surface area contributed by atoms with Crippen molar-refractivity contribution in [1.29, 1.82) is 0 Å². The van der Waals surface area contributed by atoms with Crippen molar-refractivity contribution >= 4 is 16.9 Å². The second-order valence-corrected chi connectivity index (χ2v) is 9.14. The van der Waals surface area contributed by atoms with Crippen molar-refractivity contribution in [3.63, 3.8) is 0 Å². The lowest BCUT2D eigenvalue weighted by Gasteiger charge is -2.35. The first-order valence-corrected chi connectivity index (χ1v) is 9.09. The van der Waals surface area contributed by atoms with Gasteiger partial charge in [0.2, 0.25) is 0 Å². The molecule has 0 aliphatic carbocycles. The fourth-order valence-corrected chi connectivity index (χ4v) is 5.25. The summed E-state index contributed by atoms with van der Waals surface area (Å²) in [5.41, 5.74) is 0.415. The van der Waals surface area contributed by atoms with Crippen molar-refractivity contribution < 1.29 is 0 Å². The van der Waals surface area contributed by atoms with Gasteiger partial charge in [-0.2, -0.15) is 0 Å². The first-order chi connectivity index (χ1) is 9.49. The molecule has 3 unspecified atom stereocenters. The van der Waals surface area contributed by atoms with Crippen LogP contribution in [-0.2, 0) is 0 Å². The Morgan fingerprint density at radius 3 is 2.95 bits per heavy atom. The van der Waals surface area contributed by atoms with E-state index < -0.39 is 0 Å². The third-order valence-corrected chi connectivity index (χ3v) is 5.82. The van der Waals surface area contributed by atoms with Crippen LogP contribution in [0.3, 0.4) is 0 Å². The molecule has 0 aromatic rings. The molecule has 2 fully saturated rings. The predicted octanol–water partition coefficient (Wildman–Crippen LogP) is 3.11. The number of aliphatic imine (C=N–C) groups is 1. The number of hydrogen-bond acceptors (Lipinski definition) is 4. The maximum absolute atomic E-state index is 4.74. The van der Waals surface area contributed by atoms with Crippen LogP contribution < -0.4 is 5.32 Å². The smallest absolute Gasteiger partial charge is 0.157 e. The molecule has 0 aromatic heterocycles. The van der Waals surface area contributed by atoms with Gasteiger partial charge in [0.15, 0.2) is 5.17 Å². The Morgan fingerprint density at radius 2 is 2.15 bits per heavy atom. The molecular formula is C16H29N3S. The molecule has 20 heavy (non-hydrogen) atoms. The van der Waals surface area contributed by atoms with E-state index in [4.69, 9.17) is 4.99 Å². The summed E-state index contributed by atoms with van der Waals surface area (Å²) in [6.07, 6.45) is 6.68. The van der Waals surface area contributed by atoms with Crippen LogP contribution >= 0.6 is 11.8 Å². The third kappa shape index (κ3) is 3.70. The monoisotopic (exact) mass is 295 g/mol. The van der Waals surface area contributed by atoms with E-state index in [0.717, 1.165) is 12.6 Å². The highest BCUT2D eigenvalue weighted by Crippen LogP contribution is 2.32. The minimum absolute atomic E-state index is 0.415. The topological polar surface area (TPSA) is 27.6 Å². The van der Waals surface area contributed by atoms with Crippen LogP contribution in [0.2, 0.25) is 0 Å². The average molecular weight is 295 g/mol. The van der Waals surface area contributed by atoms with Crippen LogP contribution in [0, 0.1) is 5.41 Å². The van der Waals surface area contributed by atoms with E-state index in [9.17, 15) is 0 Å². The summed E-state index contributed by atoms with van der Waals surface area (Å²) >= 11 is 1.98. The lowest BCUT2D eigenvalue weighted by atomic mass is 9.90. The summed E-state index contributed by atoms with van der Waals surface area (Å²) in [6, 6.07) is 1.51. The van der Waals surface area contributed by atoms with Gasteiger partial charge in [-0.1, -0.05) is 32.5 Å². The fraction of sp³-hybridized carbons (Fsp3) is 0.938. The number of nitrogens with one attached hydrogen (secondary N) is 1. The van der Waals surface area contributed by atoms with E-state index in [1.807, 2.05) is 11.8 Å². The first kappa shape index (κ1) is 14.7. The Morgan fingerprint density at radius 1 is 1.30 bits per heavy atom. The van der Waals surface area contributed by atoms with Crippen LogP contribution in [0.25, 0.3) is 0 Å². The number of rotatable bonds is 2. The zero-order chi connectivity index (χ0) is 14.2. The van der Waals surface area contributed by atoms with Crippen LogP contribution in [-0.4, -0.2) is 47.0 Å². The van der Waals surface area contributed by atoms with Crippen molar-refractivity contribution in [1.82, 2.24) is 10.2 Å². The standard InChI is InChI=1S/C16H29N3S/c1-16(2,3)10-14-11-17-15(20-14)18-12-6-8-19-7-4-5-13(19)9-12/h12-14H,4-11H2,1-3H3,(H,17,18). The van der Waals surface area contributed by atoms with Crippen LogP contribution in [0.15, 0.2) is 4.99 Å². The van der Waals surface area contributed by atoms with Crippen LogP contribution in [0.4, 0.5) is 0 Å². The number of amidine groups is 1. The Hall–Kier alpha value is -0.220. The summed E-state index contributed by atoms with van der Waals surface area (Å²) in [6.45, 7) is 10.6. The third-order valence-electron chi connectivity index (χ3n) is 4.70. The molecule has 3 aliphatic heterocycles. The molecule has 2 saturated heterocycles. The summed E-state index contributed by atoms with van der Waals surface area (Å²) in [4.78, 5) is 7.42. The normalized spacial score (nSPS) is 35.0. The van der Waals surface area contributed by atoms with Gasteiger partial charge in [-0.15, -0.1) is 0 Å². The summed E-state index contributed by atoms with van der Waals surface area (Å²) in [5.74, 6) is 0. The SMILES string of the molecule is CC(C)(C)CC1CN=C(NC2CCN3CCCC3C2)S1. The highest BCUT2D eigenvalue weighted by molar-refractivity contribution is 8.14. The molecule has 0 spiro atoms. The Kier molecular flexibility index (Phi) is 4.32. The molecule has 4 heteroatoms. The zero-order valence-electron chi connectivity index (χ0n) is 13.2. The Balaban J connectivity index is 1.45. The highest BCUT2D eigenvalue weighted by Gasteiger charge is 2.33. The number of fused-ring (bicyclic) bond motifs is 1. The molecule has 0 aromatic carbocycles. The van der Waals surface area contributed by atoms with Gasteiger partial charge in [0.05, 0.1) is 6.54 Å². The van der Waals surface area contributed by atoms with Gasteiger partial charge in [0.25, 0.3) is 0 Å². The zero-order valence-corrected chi connectivity index (χ0v) is 14.0. The van der Waals surface area contributed by atoms with Gasteiger partial charge >= 0.3 is 0 Å². The second kappa shape index (κ2) is 5.88. The Bertz CT molecular complexity index is 374. The Labute approximate surface area is 128 Å². The van der Waals surface area contributed by atoms with Gasteiger partial charge in [-0.3, -0.25) is 4.99 Å². The van der Waals surface area contributed by atoms with Crippen LogP contribution in [0.1, 0.15) is 52.9 Å². The van der Waals surface area contributed by atoms with E-state index in [-0.39, 0.29) is 0 Å². The molecule has 0 radical (unpaired) electrons. The molecule has 0 saturated carbocycles. The van der Waals surface area contributed by atoms with E-state index in [2.05, 4.69) is 31.0 Å². The highest BCUT2D eigenvalue weighted by atomic mass is 32.2. The molecule has 1 N–H and O–H groups in total. The van der Waals surface area contributed by atoms with Gasteiger partial charge in [-0.05, 0) is 44.1 Å². The van der Waals surface area contributed by atoms with Crippen molar-refractivity contribution in [2.75, 3.05) is 19.6 Å². The second-order valence-electron chi connectivity index (χ2n) is 7.85. The number of hydrogen-bond donors (Lipinski definition) is 1. The largest absolute Gasteiger partial charge is 0.362 e. The maximum atomic E-state index is 4.74. The quantitative estimate of drug-likeness (QED) is 0.848. The minimum atomic E-state index is 0.415. The summed E-state index contributed by atoms with van der Waals surface area (Å²) < 4.78 is 0. The predicted molar refractivity (Wildman–Crippen MR) is 88.5 cm³/mol. The van der Waals surface area contributed by atoms with Crippen molar-refractivity contribution in [2.24, 2.45) is 10.4 Å². The van der Waals surface area contributed by atoms with Gasteiger partial charge < -0.3 is 10.2 Å². The van der Waals surface area contributed by atoms with Gasteiger partial charge in [-0.25, -0.2) is 0 Å². The van der Waals surface area contributed by atoms with E-state index in [1.165, 1.54) is 50.4 Å². The fourth-order valence-electron chi connectivity index (χ4n) is 3.82.